The standard InChI is InChI=1S/C18H17N5OS/c1-2-16-20-13-6-3-4-8-15(13)23(16)10-17(24)22-18-21-14(11-25-18)12-7-5-9-19-12/h3-9,11,19H,2,10H2,1H3,(H,21,22,24). The Hall–Kier alpha value is -2.93. The van der Waals surface area contributed by atoms with Crippen molar-refractivity contribution in [2.24, 2.45) is 0 Å². The summed E-state index contributed by atoms with van der Waals surface area (Å²) < 4.78 is 1.96. The van der Waals surface area contributed by atoms with Crippen LogP contribution in [0.2, 0.25) is 0 Å². The first-order valence-corrected chi connectivity index (χ1v) is 8.96. The Bertz CT molecular complexity index is 1020. The first-order valence-electron chi connectivity index (χ1n) is 8.08. The van der Waals surface area contributed by atoms with Crippen LogP contribution in [0.3, 0.4) is 0 Å². The summed E-state index contributed by atoms with van der Waals surface area (Å²) in [6, 6.07) is 11.7. The number of amides is 1. The molecule has 1 amide bonds. The number of H-pyrrole nitrogens is 1. The maximum atomic E-state index is 12.5. The Morgan fingerprint density at radius 3 is 2.92 bits per heavy atom. The van der Waals surface area contributed by atoms with Crippen LogP contribution in [-0.2, 0) is 17.8 Å². The average Bonchev–Trinajstić information content (AvgIpc) is 3.34. The van der Waals surface area contributed by atoms with Crippen LogP contribution in [0.4, 0.5) is 5.13 Å². The van der Waals surface area contributed by atoms with Gasteiger partial charge >= 0.3 is 0 Å². The summed E-state index contributed by atoms with van der Waals surface area (Å²) in [7, 11) is 0. The highest BCUT2D eigenvalue weighted by Gasteiger charge is 2.14. The average molecular weight is 351 g/mol. The van der Waals surface area contributed by atoms with Gasteiger partial charge in [0, 0.05) is 18.0 Å². The van der Waals surface area contributed by atoms with Gasteiger partial charge in [-0.3, -0.25) is 4.79 Å². The number of para-hydroxylation sites is 2. The highest BCUT2D eigenvalue weighted by Crippen LogP contribution is 2.23. The second-order valence-electron chi connectivity index (χ2n) is 5.63. The number of nitrogens with zero attached hydrogens (tertiary/aromatic N) is 3. The van der Waals surface area contributed by atoms with Crippen molar-refractivity contribution in [2.45, 2.75) is 19.9 Å². The van der Waals surface area contributed by atoms with E-state index in [0.29, 0.717) is 5.13 Å². The second kappa shape index (κ2) is 6.52. The van der Waals surface area contributed by atoms with Gasteiger partial charge in [-0.1, -0.05) is 19.1 Å². The summed E-state index contributed by atoms with van der Waals surface area (Å²) in [6.07, 6.45) is 2.62. The number of nitrogens with one attached hydrogen (secondary N) is 2. The lowest BCUT2D eigenvalue weighted by molar-refractivity contribution is -0.116. The summed E-state index contributed by atoms with van der Waals surface area (Å²) >= 11 is 1.41. The van der Waals surface area contributed by atoms with Gasteiger partial charge in [-0.15, -0.1) is 11.3 Å². The molecule has 7 heteroatoms. The van der Waals surface area contributed by atoms with E-state index in [0.717, 1.165) is 34.7 Å². The number of aromatic amines is 1. The zero-order chi connectivity index (χ0) is 17.2. The van der Waals surface area contributed by atoms with Gasteiger partial charge in [0.2, 0.25) is 5.91 Å². The van der Waals surface area contributed by atoms with Gasteiger partial charge in [-0.2, -0.15) is 0 Å². The van der Waals surface area contributed by atoms with E-state index in [4.69, 9.17) is 0 Å². The number of aryl methyl sites for hydroxylation is 1. The molecule has 126 valence electrons. The molecule has 0 fully saturated rings. The minimum Gasteiger partial charge on any atom is -0.360 e. The first-order chi connectivity index (χ1) is 12.2. The molecule has 0 atom stereocenters. The van der Waals surface area contributed by atoms with Crippen molar-refractivity contribution in [3.8, 4) is 11.4 Å². The van der Waals surface area contributed by atoms with Crippen LogP contribution in [0.1, 0.15) is 12.7 Å². The third-order valence-electron chi connectivity index (χ3n) is 3.98. The van der Waals surface area contributed by atoms with Crippen LogP contribution in [0, 0.1) is 0 Å². The number of fused-ring (bicyclic) bond motifs is 1. The van der Waals surface area contributed by atoms with Crippen molar-refractivity contribution in [3.63, 3.8) is 0 Å². The third kappa shape index (κ3) is 3.06. The van der Waals surface area contributed by atoms with E-state index in [2.05, 4.69) is 20.3 Å². The molecule has 0 radical (unpaired) electrons. The molecule has 0 aliphatic heterocycles. The Morgan fingerprint density at radius 2 is 2.12 bits per heavy atom. The molecule has 4 rings (SSSR count). The fraction of sp³-hybridized carbons (Fsp3) is 0.167. The molecule has 0 spiro atoms. The Kier molecular flexibility index (Phi) is 4.07. The zero-order valence-corrected chi connectivity index (χ0v) is 14.5. The van der Waals surface area contributed by atoms with Gasteiger partial charge in [0.1, 0.15) is 12.4 Å². The molecule has 6 nitrogen and oxygen atoms in total. The van der Waals surface area contributed by atoms with Crippen molar-refractivity contribution < 1.29 is 4.79 Å². The van der Waals surface area contributed by atoms with E-state index in [1.165, 1.54) is 11.3 Å². The number of carbonyl (C=O) groups is 1. The molecule has 3 aromatic heterocycles. The van der Waals surface area contributed by atoms with E-state index >= 15 is 0 Å². The molecule has 1 aromatic carbocycles. The van der Waals surface area contributed by atoms with Crippen LogP contribution in [0.25, 0.3) is 22.4 Å². The number of thiazole rings is 1. The van der Waals surface area contributed by atoms with Crippen LogP contribution >= 0.6 is 11.3 Å². The molecular weight excluding hydrogens is 334 g/mol. The Morgan fingerprint density at radius 1 is 1.24 bits per heavy atom. The lowest BCUT2D eigenvalue weighted by atomic mass is 10.3. The van der Waals surface area contributed by atoms with Gasteiger partial charge in [0.25, 0.3) is 0 Å². The summed E-state index contributed by atoms with van der Waals surface area (Å²) in [5, 5.41) is 5.40. The normalized spacial score (nSPS) is 11.1. The summed E-state index contributed by atoms with van der Waals surface area (Å²) in [5.74, 6) is 0.799. The topological polar surface area (TPSA) is 75.6 Å². The monoisotopic (exact) mass is 351 g/mol. The molecule has 0 saturated carbocycles. The number of aromatic nitrogens is 4. The van der Waals surface area contributed by atoms with Gasteiger partial charge in [-0.25, -0.2) is 9.97 Å². The smallest absolute Gasteiger partial charge is 0.246 e. The summed E-state index contributed by atoms with van der Waals surface area (Å²) in [4.78, 5) is 24.6. The molecule has 4 aromatic rings. The van der Waals surface area contributed by atoms with Gasteiger partial charge in [0.05, 0.1) is 22.4 Å². The molecule has 0 aliphatic rings. The van der Waals surface area contributed by atoms with Crippen LogP contribution in [0.5, 0.6) is 0 Å². The Balaban J connectivity index is 1.53. The van der Waals surface area contributed by atoms with Crippen molar-refractivity contribution in [1.82, 2.24) is 19.5 Å². The Labute approximate surface area is 148 Å². The van der Waals surface area contributed by atoms with Crippen LogP contribution in [-0.4, -0.2) is 25.4 Å². The van der Waals surface area contributed by atoms with E-state index in [9.17, 15) is 4.79 Å². The molecular formula is C18H17N5OS. The highest BCUT2D eigenvalue weighted by molar-refractivity contribution is 7.14. The van der Waals surface area contributed by atoms with Gasteiger partial charge < -0.3 is 14.9 Å². The van der Waals surface area contributed by atoms with Crippen molar-refractivity contribution in [1.29, 1.82) is 0 Å². The van der Waals surface area contributed by atoms with Gasteiger partial charge in [-0.05, 0) is 24.3 Å². The molecule has 0 bridgehead atoms. The minimum absolute atomic E-state index is 0.106. The van der Waals surface area contributed by atoms with Crippen molar-refractivity contribution >= 4 is 33.4 Å². The predicted octanol–water partition coefficient (Wildman–Crippen LogP) is 3.69. The summed E-state index contributed by atoms with van der Waals surface area (Å²) in [5.41, 5.74) is 3.65. The minimum atomic E-state index is -0.106. The lowest BCUT2D eigenvalue weighted by Crippen LogP contribution is -2.20. The third-order valence-corrected chi connectivity index (χ3v) is 4.73. The maximum Gasteiger partial charge on any atom is 0.246 e. The van der Waals surface area contributed by atoms with Gasteiger partial charge in [0.15, 0.2) is 5.13 Å². The van der Waals surface area contributed by atoms with E-state index in [1.54, 1.807) is 0 Å². The predicted molar refractivity (Wildman–Crippen MR) is 99.6 cm³/mol. The largest absolute Gasteiger partial charge is 0.360 e. The molecule has 0 saturated heterocycles. The number of imidazole rings is 1. The van der Waals surface area contributed by atoms with Crippen LogP contribution in [0.15, 0.2) is 48.0 Å². The second-order valence-corrected chi connectivity index (χ2v) is 6.48. The zero-order valence-electron chi connectivity index (χ0n) is 13.7. The molecule has 2 N–H and O–H groups in total. The fourth-order valence-electron chi connectivity index (χ4n) is 2.82. The number of carbonyl (C=O) groups excluding carboxylic acids is 1. The molecule has 0 unspecified atom stereocenters. The lowest BCUT2D eigenvalue weighted by Gasteiger charge is -2.07. The maximum absolute atomic E-state index is 12.5. The highest BCUT2D eigenvalue weighted by atomic mass is 32.1. The number of rotatable bonds is 5. The quantitative estimate of drug-likeness (QED) is 0.576. The van der Waals surface area contributed by atoms with Crippen LogP contribution < -0.4 is 5.32 Å². The van der Waals surface area contributed by atoms with E-state index < -0.39 is 0 Å². The number of benzene rings is 1. The SMILES string of the molecule is CCc1nc2ccccc2n1CC(=O)Nc1nc(-c2ccc[nH]2)cs1. The number of anilines is 1. The summed E-state index contributed by atoms with van der Waals surface area (Å²) in [6.45, 7) is 2.26. The van der Waals surface area contributed by atoms with Crippen molar-refractivity contribution in [2.75, 3.05) is 5.32 Å². The van der Waals surface area contributed by atoms with Crippen molar-refractivity contribution in [3.05, 3.63) is 53.8 Å². The molecule has 3 heterocycles. The van der Waals surface area contributed by atoms with E-state index in [1.807, 2.05) is 59.5 Å². The number of hydrogen-bond donors (Lipinski definition) is 2. The molecule has 25 heavy (non-hydrogen) atoms. The molecule has 0 aliphatic carbocycles. The first kappa shape index (κ1) is 15.6. The number of hydrogen-bond acceptors (Lipinski definition) is 4. The fourth-order valence-corrected chi connectivity index (χ4v) is 3.55. The van der Waals surface area contributed by atoms with E-state index in [-0.39, 0.29) is 12.5 Å².